The summed E-state index contributed by atoms with van der Waals surface area (Å²) in [6, 6.07) is 19.2. The first-order valence-electron chi connectivity index (χ1n) is 10.5. The van der Waals surface area contributed by atoms with Crippen molar-refractivity contribution in [3.63, 3.8) is 0 Å². The van der Waals surface area contributed by atoms with E-state index in [2.05, 4.69) is 12.2 Å². The van der Waals surface area contributed by atoms with Crippen LogP contribution in [0.4, 0.5) is 0 Å². The molecule has 1 saturated heterocycles. The number of rotatable bonds is 5. The molecule has 0 bridgehead atoms. The molecule has 2 aromatic carbocycles. The van der Waals surface area contributed by atoms with Gasteiger partial charge in [0.15, 0.2) is 0 Å². The number of methoxy groups -OCH3 is 1. The molecular formula is C25H27NO4. The molecule has 0 spiro atoms. The highest BCUT2D eigenvalue weighted by molar-refractivity contribution is 5.89. The molecule has 2 aliphatic heterocycles. The van der Waals surface area contributed by atoms with Crippen LogP contribution in [0.2, 0.25) is 0 Å². The molecule has 1 amide bonds. The van der Waals surface area contributed by atoms with Gasteiger partial charge in [-0.15, -0.1) is 0 Å². The van der Waals surface area contributed by atoms with Gasteiger partial charge in [-0.05, 0) is 30.4 Å². The summed E-state index contributed by atoms with van der Waals surface area (Å²) in [6.45, 7) is 0.329. The number of carbonyl (C=O) groups is 2. The van der Waals surface area contributed by atoms with Crippen LogP contribution in [0.25, 0.3) is 0 Å². The van der Waals surface area contributed by atoms with Crippen molar-refractivity contribution in [1.82, 2.24) is 4.90 Å². The lowest BCUT2D eigenvalue weighted by Gasteiger charge is -2.36. The van der Waals surface area contributed by atoms with Crippen molar-refractivity contribution in [3.05, 3.63) is 83.9 Å². The van der Waals surface area contributed by atoms with Crippen LogP contribution in [-0.4, -0.2) is 42.1 Å². The van der Waals surface area contributed by atoms with Crippen LogP contribution in [0, 0.1) is 0 Å². The van der Waals surface area contributed by atoms with E-state index >= 15 is 0 Å². The number of carbonyl (C=O) groups excluding carboxylic acids is 2. The summed E-state index contributed by atoms with van der Waals surface area (Å²) in [5, 5.41) is 0. The Balaban J connectivity index is 1.68. The molecular weight excluding hydrogens is 378 g/mol. The number of hydrogen-bond donors (Lipinski definition) is 0. The highest BCUT2D eigenvalue weighted by atomic mass is 16.5. The molecule has 1 fully saturated rings. The number of hydrogen-bond acceptors (Lipinski definition) is 4. The van der Waals surface area contributed by atoms with Crippen LogP contribution < -0.4 is 0 Å². The fourth-order valence-corrected chi connectivity index (χ4v) is 4.50. The van der Waals surface area contributed by atoms with Crippen LogP contribution in [0.5, 0.6) is 0 Å². The van der Waals surface area contributed by atoms with Gasteiger partial charge < -0.3 is 14.4 Å². The van der Waals surface area contributed by atoms with Gasteiger partial charge in [0.1, 0.15) is 12.1 Å². The normalized spacial score (nSPS) is 27.1. The Kier molecular flexibility index (Phi) is 6.29. The SMILES string of the molecule is COC(=O)[C@@H]1CC[C@@H]2C/C=C\C(c3ccccc3)C(OCc3ccccc3)C(=O)N21. The van der Waals surface area contributed by atoms with Gasteiger partial charge in [0, 0.05) is 12.0 Å². The molecule has 2 heterocycles. The largest absolute Gasteiger partial charge is 0.467 e. The molecule has 2 aliphatic rings. The maximum atomic E-state index is 13.8. The van der Waals surface area contributed by atoms with Crippen molar-refractivity contribution in [1.29, 1.82) is 0 Å². The van der Waals surface area contributed by atoms with E-state index in [1.165, 1.54) is 7.11 Å². The zero-order chi connectivity index (χ0) is 20.9. The van der Waals surface area contributed by atoms with Crippen molar-refractivity contribution in [2.24, 2.45) is 0 Å². The van der Waals surface area contributed by atoms with Gasteiger partial charge in [0.05, 0.1) is 13.7 Å². The van der Waals surface area contributed by atoms with E-state index in [-0.39, 0.29) is 23.8 Å². The van der Waals surface area contributed by atoms with E-state index in [0.717, 1.165) is 24.0 Å². The second kappa shape index (κ2) is 9.26. The Bertz CT molecular complexity index is 896. The highest BCUT2D eigenvalue weighted by Crippen LogP contribution is 2.35. The number of nitrogens with zero attached hydrogens (tertiary/aromatic N) is 1. The lowest BCUT2D eigenvalue weighted by Crippen LogP contribution is -2.52. The second-order valence-electron chi connectivity index (χ2n) is 7.83. The topological polar surface area (TPSA) is 55.8 Å². The molecule has 2 unspecified atom stereocenters. The van der Waals surface area contributed by atoms with Crippen LogP contribution in [0.3, 0.4) is 0 Å². The molecule has 0 radical (unpaired) electrons. The van der Waals surface area contributed by atoms with Crippen LogP contribution in [-0.2, 0) is 25.7 Å². The van der Waals surface area contributed by atoms with Gasteiger partial charge in [-0.2, -0.15) is 0 Å². The third-order valence-corrected chi connectivity index (χ3v) is 6.01. The molecule has 4 atom stereocenters. The quantitative estimate of drug-likeness (QED) is 0.560. The molecule has 0 aromatic heterocycles. The predicted octanol–water partition coefficient (Wildman–Crippen LogP) is 3.85. The summed E-state index contributed by atoms with van der Waals surface area (Å²) >= 11 is 0. The lowest BCUT2D eigenvalue weighted by atomic mass is 9.89. The van der Waals surface area contributed by atoms with Gasteiger partial charge in [-0.1, -0.05) is 72.8 Å². The first kappa shape index (κ1) is 20.4. The zero-order valence-electron chi connectivity index (χ0n) is 17.1. The Hall–Kier alpha value is -2.92. The molecule has 5 heteroatoms. The number of ether oxygens (including phenoxy) is 2. The Morgan fingerprint density at radius 2 is 1.73 bits per heavy atom. The first-order chi connectivity index (χ1) is 14.7. The Labute approximate surface area is 177 Å². The van der Waals surface area contributed by atoms with E-state index in [0.29, 0.717) is 13.0 Å². The fraction of sp³-hybridized carbons (Fsp3) is 0.360. The maximum Gasteiger partial charge on any atom is 0.328 e. The van der Waals surface area contributed by atoms with Gasteiger partial charge in [0.2, 0.25) is 0 Å². The van der Waals surface area contributed by atoms with Crippen molar-refractivity contribution < 1.29 is 19.1 Å². The maximum absolute atomic E-state index is 13.8. The van der Waals surface area contributed by atoms with E-state index in [4.69, 9.17) is 9.47 Å². The molecule has 30 heavy (non-hydrogen) atoms. The van der Waals surface area contributed by atoms with Crippen molar-refractivity contribution in [2.45, 2.75) is 50.0 Å². The van der Waals surface area contributed by atoms with Gasteiger partial charge in [0.25, 0.3) is 5.91 Å². The third-order valence-electron chi connectivity index (χ3n) is 6.01. The summed E-state index contributed by atoms with van der Waals surface area (Å²) in [6.07, 6.45) is 5.65. The molecule has 156 valence electrons. The van der Waals surface area contributed by atoms with Gasteiger partial charge >= 0.3 is 5.97 Å². The lowest BCUT2D eigenvalue weighted by molar-refractivity contribution is -0.158. The average Bonchev–Trinajstić information content (AvgIpc) is 3.21. The second-order valence-corrected chi connectivity index (χ2v) is 7.83. The van der Waals surface area contributed by atoms with Crippen LogP contribution >= 0.6 is 0 Å². The first-order valence-corrected chi connectivity index (χ1v) is 10.5. The van der Waals surface area contributed by atoms with E-state index in [9.17, 15) is 9.59 Å². The van der Waals surface area contributed by atoms with Gasteiger partial charge in [-0.3, -0.25) is 4.79 Å². The van der Waals surface area contributed by atoms with Crippen LogP contribution in [0.15, 0.2) is 72.8 Å². The molecule has 4 rings (SSSR count). The van der Waals surface area contributed by atoms with Crippen molar-refractivity contribution >= 4 is 11.9 Å². The number of benzene rings is 2. The molecule has 2 aromatic rings. The minimum absolute atomic E-state index is 0.00241. The molecule has 0 saturated carbocycles. The Morgan fingerprint density at radius 3 is 2.43 bits per heavy atom. The third kappa shape index (κ3) is 4.17. The number of amides is 1. The molecule has 5 nitrogen and oxygen atoms in total. The monoisotopic (exact) mass is 405 g/mol. The van der Waals surface area contributed by atoms with Gasteiger partial charge in [-0.25, -0.2) is 4.79 Å². The van der Waals surface area contributed by atoms with E-state index in [1.54, 1.807) is 4.90 Å². The summed E-state index contributed by atoms with van der Waals surface area (Å²) in [5.41, 5.74) is 2.03. The van der Waals surface area contributed by atoms with Crippen LogP contribution in [0.1, 0.15) is 36.3 Å². The number of fused-ring (bicyclic) bond motifs is 1. The molecule has 0 aliphatic carbocycles. The van der Waals surface area contributed by atoms with Crippen molar-refractivity contribution in [2.75, 3.05) is 7.11 Å². The minimum atomic E-state index is -0.711. The predicted molar refractivity (Wildman–Crippen MR) is 114 cm³/mol. The zero-order valence-corrected chi connectivity index (χ0v) is 17.1. The van der Waals surface area contributed by atoms with E-state index < -0.39 is 12.1 Å². The smallest absolute Gasteiger partial charge is 0.328 e. The Morgan fingerprint density at radius 1 is 1.03 bits per heavy atom. The molecule has 0 N–H and O–H groups in total. The summed E-state index contributed by atoms with van der Waals surface area (Å²) in [7, 11) is 1.38. The highest BCUT2D eigenvalue weighted by Gasteiger charge is 2.46. The van der Waals surface area contributed by atoms with E-state index in [1.807, 2.05) is 60.7 Å². The van der Waals surface area contributed by atoms with Crippen molar-refractivity contribution in [3.8, 4) is 0 Å². The number of esters is 1. The average molecular weight is 405 g/mol. The standard InChI is InChI=1S/C25H27NO4/c1-29-25(28)22-16-15-20-13-8-14-21(19-11-6-3-7-12-19)23(24(27)26(20)22)30-17-18-9-4-2-5-10-18/h2-12,14,20-23H,13,15-17H2,1H3/b14-8-/t20-,21?,22-,23?/m0/s1. The summed E-state index contributed by atoms with van der Waals surface area (Å²) in [4.78, 5) is 27.9. The summed E-state index contributed by atoms with van der Waals surface area (Å²) < 4.78 is 11.2. The fourth-order valence-electron chi connectivity index (χ4n) is 4.50. The summed E-state index contributed by atoms with van der Waals surface area (Å²) in [5.74, 6) is -0.710. The minimum Gasteiger partial charge on any atom is -0.467 e.